The molecular weight excluding hydrogens is 646 g/mol. The molecule has 3 aromatic carbocycles. The molecule has 0 fully saturated rings. The highest BCUT2D eigenvalue weighted by atomic mass is 32.2. The Morgan fingerprint density at radius 3 is 2.32 bits per heavy atom. The molecule has 1 heterocycles. The summed E-state index contributed by atoms with van der Waals surface area (Å²) < 4.78 is 86.9. The zero-order chi connectivity index (χ0) is 34.5. The Kier molecular flexibility index (Phi) is 10.3. The minimum atomic E-state index is -5.01. The molecule has 47 heavy (non-hydrogen) atoms. The molecule has 3 N–H and O–H groups in total. The van der Waals surface area contributed by atoms with Crippen molar-refractivity contribution in [3.8, 4) is 22.6 Å². The van der Waals surface area contributed by atoms with Crippen LogP contribution in [0, 0.1) is 5.82 Å². The van der Waals surface area contributed by atoms with Crippen molar-refractivity contribution >= 4 is 33.2 Å². The molecule has 248 valence electrons. The molecule has 0 spiro atoms. The summed E-state index contributed by atoms with van der Waals surface area (Å²) in [6, 6.07) is 13.5. The van der Waals surface area contributed by atoms with Gasteiger partial charge < -0.3 is 20.7 Å². The van der Waals surface area contributed by atoms with Gasteiger partial charge in [-0.1, -0.05) is 31.2 Å². The van der Waals surface area contributed by atoms with Crippen LogP contribution in [0.25, 0.3) is 16.8 Å². The first kappa shape index (κ1) is 34.6. The van der Waals surface area contributed by atoms with E-state index in [0.29, 0.717) is 23.7 Å². The van der Waals surface area contributed by atoms with Crippen LogP contribution in [0.5, 0.6) is 5.75 Å². The van der Waals surface area contributed by atoms with Gasteiger partial charge in [-0.05, 0) is 48.4 Å². The number of rotatable bonds is 11. The quantitative estimate of drug-likeness (QED) is 0.197. The normalized spacial score (nSPS) is 11.6. The lowest BCUT2D eigenvalue weighted by atomic mass is 10.0. The lowest BCUT2D eigenvalue weighted by molar-refractivity contribution is -0.141. The Morgan fingerprint density at radius 1 is 0.957 bits per heavy atom. The fourth-order valence-corrected chi connectivity index (χ4v) is 5.37. The molecule has 11 nitrogen and oxygen atoms in total. The summed E-state index contributed by atoms with van der Waals surface area (Å²) in [4.78, 5) is 38.5. The monoisotopic (exact) mass is 675 g/mol. The third-order valence-corrected chi connectivity index (χ3v) is 7.86. The van der Waals surface area contributed by atoms with E-state index in [2.05, 4.69) is 21.0 Å². The molecule has 4 rings (SSSR count). The summed E-state index contributed by atoms with van der Waals surface area (Å²) in [5, 5.41) is 10.7. The molecule has 3 amide bonds. The number of anilines is 1. The van der Waals surface area contributed by atoms with Crippen LogP contribution in [0.2, 0.25) is 0 Å². The third kappa shape index (κ3) is 8.13. The number of methoxy groups -OCH3 is 1. The standard InChI is InChI=1S/C31H29F4N5O6S/c1-4-13-36-28(41)17-37-29(42)21-15-19(46-2)10-12-24(21)40-25(16-27(39-40)31(33,34)35)30(43)38-23-11-9-18(14-22(23)32)20-7-5-6-8-26(20)47(3,44)45/h5-12,14-16H,4,13,17H2,1-3H3,(H,36,41)(H,37,42)(H,38,43). The van der Waals surface area contributed by atoms with Crippen molar-refractivity contribution in [2.75, 3.05) is 31.8 Å². The van der Waals surface area contributed by atoms with Crippen LogP contribution in [0.3, 0.4) is 0 Å². The van der Waals surface area contributed by atoms with E-state index < -0.39 is 63.2 Å². The molecule has 0 bridgehead atoms. The smallest absolute Gasteiger partial charge is 0.435 e. The largest absolute Gasteiger partial charge is 0.497 e. The van der Waals surface area contributed by atoms with Gasteiger partial charge in [0.1, 0.15) is 17.3 Å². The first-order chi connectivity index (χ1) is 22.1. The van der Waals surface area contributed by atoms with E-state index in [-0.39, 0.29) is 33.0 Å². The number of halogens is 4. The average Bonchev–Trinajstić information content (AvgIpc) is 3.49. The number of alkyl halides is 3. The molecule has 0 saturated heterocycles. The maximum absolute atomic E-state index is 15.3. The Morgan fingerprint density at radius 2 is 1.68 bits per heavy atom. The number of sulfone groups is 1. The van der Waals surface area contributed by atoms with Crippen LogP contribution in [0.15, 0.2) is 71.6 Å². The Balaban J connectivity index is 1.72. The second-order valence-electron chi connectivity index (χ2n) is 10.2. The van der Waals surface area contributed by atoms with Gasteiger partial charge in [0.2, 0.25) is 5.91 Å². The molecule has 0 radical (unpaired) electrons. The van der Waals surface area contributed by atoms with Gasteiger partial charge in [0.15, 0.2) is 15.5 Å². The SMILES string of the molecule is CCCNC(=O)CNC(=O)c1cc(OC)ccc1-n1nc(C(F)(F)F)cc1C(=O)Nc1ccc(-c2ccccc2S(C)(=O)=O)cc1F. The molecule has 4 aromatic rings. The van der Waals surface area contributed by atoms with Crippen LogP contribution in [0.4, 0.5) is 23.2 Å². The highest BCUT2D eigenvalue weighted by Crippen LogP contribution is 2.33. The van der Waals surface area contributed by atoms with Gasteiger partial charge in [0.25, 0.3) is 11.8 Å². The predicted molar refractivity (Wildman–Crippen MR) is 164 cm³/mol. The van der Waals surface area contributed by atoms with E-state index in [1.807, 2.05) is 6.92 Å². The average molecular weight is 676 g/mol. The highest BCUT2D eigenvalue weighted by molar-refractivity contribution is 7.90. The number of carbonyl (C=O) groups excluding carboxylic acids is 3. The maximum Gasteiger partial charge on any atom is 0.435 e. The van der Waals surface area contributed by atoms with E-state index in [0.717, 1.165) is 18.4 Å². The summed E-state index contributed by atoms with van der Waals surface area (Å²) in [5.41, 5.74) is -2.79. The van der Waals surface area contributed by atoms with Gasteiger partial charge in [-0.15, -0.1) is 0 Å². The zero-order valence-electron chi connectivity index (χ0n) is 25.2. The minimum Gasteiger partial charge on any atom is -0.497 e. The Labute approximate surface area is 266 Å². The molecule has 0 unspecified atom stereocenters. The van der Waals surface area contributed by atoms with Gasteiger partial charge in [0, 0.05) is 24.4 Å². The van der Waals surface area contributed by atoms with E-state index in [1.54, 1.807) is 6.07 Å². The lowest BCUT2D eigenvalue weighted by Crippen LogP contribution is -2.37. The van der Waals surface area contributed by atoms with Gasteiger partial charge >= 0.3 is 6.18 Å². The first-order valence-corrected chi connectivity index (χ1v) is 15.8. The third-order valence-electron chi connectivity index (χ3n) is 6.71. The van der Waals surface area contributed by atoms with Crippen LogP contribution in [-0.2, 0) is 20.8 Å². The van der Waals surface area contributed by atoms with Crippen LogP contribution >= 0.6 is 0 Å². The number of benzene rings is 3. The second-order valence-corrected chi connectivity index (χ2v) is 12.1. The number of carbonyl (C=O) groups is 3. The van der Waals surface area contributed by atoms with E-state index in [1.165, 1.54) is 49.6 Å². The van der Waals surface area contributed by atoms with Crippen LogP contribution < -0.4 is 20.7 Å². The van der Waals surface area contributed by atoms with Gasteiger partial charge in [-0.3, -0.25) is 14.4 Å². The first-order valence-electron chi connectivity index (χ1n) is 13.9. The van der Waals surface area contributed by atoms with Crippen molar-refractivity contribution < 1.29 is 45.1 Å². The van der Waals surface area contributed by atoms with E-state index >= 15 is 4.39 Å². The topological polar surface area (TPSA) is 148 Å². The molecule has 0 aliphatic heterocycles. The number of nitrogens with zero attached hydrogens (tertiary/aromatic N) is 2. The summed E-state index contributed by atoms with van der Waals surface area (Å²) in [6.07, 6.45) is -3.36. The van der Waals surface area contributed by atoms with Crippen molar-refractivity contribution in [1.29, 1.82) is 0 Å². The second kappa shape index (κ2) is 14.0. The Hall–Kier alpha value is -5.25. The number of hydrogen-bond donors (Lipinski definition) is 3. The van der Waals surface area contributed by atoms with E-state index in [9.17, 15) is 36.0 Å². The maximum atomic E-state index is 15.3. The summed E-state index contributed by atoms with van der Waals surface area (Å²) in [5.74, 6) is -3.46. The van der Waals surface area contributed by atoms with Crippen molar-refractivity contribution in [2.45, 2.75) is 24.4 Å². The van der Waals surface area contributed by atoms with Crippen LogP contribution in [-0.4, -0.2) is 62.4 Å². The summed E-state index contributed by atoms with van der Waals surface area (Å²) in [6.45, 7) is 1.75. The molecule has 1 aromatic heterocycles. The Bertz CT molecular complexity index is 1940. The molecule has 0 aliphatic carbocycles. The molecule has 0 saturated carbocycles. The van der Waals surface area contributed by atoms with Gasteiger partial charge in [-0.2, -0.15) is 18.3 Å². The fraction of sp³-hybridized carbons (Fsp3) is 0.226. The van der Waals surface area contributed by atoms with Gasteiger partial charge in [-0.25, -0.2) is 17.5 Å². The molecule has 0 aliphatic rings. The number of hydrogen-bond acceptors (Lipinski definition) is 7. The van der Waals surface area contributed by atoms with Gasteiger partial charge in [0.05, 0.1) is 35.5 Å². The number of nitrogens with one attached hydrogen (secondary N) is 3. The van der Waals surface area contributed by atoms with Crippen molar-refractivity contribution in [1.82, 2.24) is 20.4 Å². The molecular formula is C31H29F4N5O6S. The van der Waals surface area contributed by atoms with E-state index in [4.69, 9.17) is 4.74 Å². The number of ether oxygens (including phenoxy) is 1. The molecule has 16 heteroatoms. The summed E-state index contributed by atoms with van der Waals surface area (Å²) in [7, 11) is -2.38. The number of amides is 3. The predicted octanol–water partition coefficient (Wildman–Crippen LogP) is 4.62. The van der Waals surface area contributed by atoms with Crippen LogP contribution in [0.1, 0.15) is 39.9 Å². The lowest BCUT2D eigenvalue weighted by Gasteiger charge is -2.15. The zero-order valence-corrected chi connectivity index (χ0v) is 26.1. The van der Waals surface area contributed by atoms with Crippen molar-refractivity contribution in [3.05, 3.63) is 89.5 Å². The number of aromatic nitrogens is 2. The summed E-state index contributed by atoms with van der Waals surface area (Å²) >= 11 is 0. The van der Waals surface area contributed by atoms with Crippen molar-refractivity contribution in [3.63, 3.8) is 0 Å². The fourth-order valence-electron chi connectivity index (χ4n) is 4.46. The van der Waals surface area contributed by atoms with Crippen molar-refractivity contribution in [2.24, 2.45) is 0 Å². The molecule has 0 atom stereocenters. The highest BCUT2D eigenvalue weighted by Gasteiger charge is 2.37. The minimum absolute atomic E-state index is 0.0549.